The van der Waals surface area contributed by atoms with Crippen molar-refractivity contribution in [2.75, 3.05) is 79.1 Å². The molecule has 1 aromatic carbocycles. The first-order valence-corrected chi connectivity index (χ1v) is 19.0. The molecule has 0 bridgehead atoms. The van der Waals surface area contributed by atoms with Gasteiger partial charge in [0, 0.05) is 62.7 Å². The molecule has 2 aromatic rings. The number of carboxylic acids is 3. The van der Waals surface area contributed by atoms with E-state index in [1.165, 1.54) is 12.3 Å². The smallest absolute Gasteiger partial charge is 0.317 e. The van der Waals surface area contributed by atoms with Crippen LogP contribution in [0.15, 0.2) is 30.5 Å². The number of hydrogen-bond donors (Lipinski definition) is 5. The molecule has 0 saturated carbocycles. The standard InChI is InChI=1S/C38H50F2N8O10/c1-45(20-33(51)52)37(23-46(21-34(53)54)13-14-47(24-37)22-35(55)56)10-3-2-6-31(49)43-11-4-5-15-58-27-7-8-30-29(16-27)28(9-12-42-30)36(57)44-19-32(50)48-25-38(39,40)17-26(48)18-41/h7-9,12,16,26H,2-6,10-11,13-15,17,19-25H2,1H3,(H,43,49)(H,44,57)(H,51,52)(H,53,54)(H,55,56). The van der Waals surface area contributed by atoms with Crippen molar-refractivity contribution in [3.63, 3.8) is 0 Å². The number of nitriles is 1. The van der Waals surface area contributed by atoms with Gasteiger partial charge in [0.05, 0.1) is 56.5 Å². The lowest BCUT2D eigenvalue weighted by atomic mass is 9.88. The number of fused-ring (bicyclic) bond motifs is 1. The van der Waals surface area contributed by atoms with E-state index >= 15 is 0 Å². The fourth-order valence-corrected chi connectivity index (χ4v) is 7.37. The van der Waals surface area contributed by atoms with E-state index in [1.807, 2.05) is 0 Å². The molecule has 2 saturated heterocycles. The molecular weight excluding hydrogens is 766 g/mol. The fourth-order valence-electron chi connectivity index (χ4n) is 7.37. The molecule has 3 heterocycles. The Hall–Kier alpha value is -5.52. The number of likely N-dealkylation sites (N-methyl/N-ethyl adjacent to an activating group) is 1. The topological polar surface area (TPSA) is 246 Å². The molecule has 3 amide bonds. The Balaban J connectivity index is 1.22. The predicted molar refractivity (Wildman–Crippen MR) is 202 cm³/mol. The Morgan fingerprint density at radius 3 is 2.28 bits per heavy atom. The summed E-state index contributed by atoms with van der Waals surface area (Å²) in [6.07, 6.45) is 3.45. The van der Waals surface area contributed by atoms with Gasteiger partial charge in [0.1, 0.15) is 11.8 Å². The third-order valence-electron chi connectivity index (χ3n) is 10.2. The highest BCUT2D eigenvalue weighted by Crippen LogP contribution is 2.32. The van der Waals surface area contributed by atoms with E-state index in [0.29, 0.717) is 75.0 Å². The lowest BCUT2D eigenvalue weighted by Crippen LogP contribution is -2.59. The third kappa shape index (κ3) is 13.3. The van der Waals surface area contributed by atoms with Gasteiger partial charge in [-0.3, -0.25) is 48.5 Å². The summed E-state index contributed by atoms with van der Waals surface area (Å²) in [5, 5.41) is 43.4. The number of halogens is 2. The van der Waals surface area contributed by atoms with Gasteiger partial charge < -0.3 is 35.6 Å². The van der Waals surface area contributed by atoms with Gasteiger partial charge in [0.2, 0.25) is 11.8 Å². The van der Waals surface area contributed by atoms with Gasteiger partial charge in [-0.05, 0) is 57.0 Å². The number of rotatable bonds is 21. The number of aliphatic carboxylic acids is 3. The van der Waals surface area contributed by atoms with E-state index < -0.39 is 66.7 Å². The number of hydrogen-bond acceptors (Lipinski definition) is 12. The molecule has 2 fully saturated rings. The molecule has 4 rings (SSSR count). The lowest BCUT2D eigenvalue weighted by Gasteiger charge is -2.44. The second kappa shape index (κ2) is 20.8. The van der Waals surface area contributed by atoms with Crippen molar-refractivity contribution in [2.45, 2.75) is 62.4 Å². The molecule has 1 atom stereocenters. The quantitative estimate of drug-likeness (QED) is 0.111. The monoisotopic (exact) mass is 816 g/mol. The van der Waals surface area contributed by atoms with Crippen LogP contribution in [-0.4, -0.2) is 172 Å². The number of carbonyl (C=O) groups excluding carboxylic acids is 3. The summed E-state index contributed by atoms with van der Waals surface area (Å²) in [6, 6.07) is 6.85. The maximum absolute atomic E-state index is 13.8. The minimum Gasteiger partial charge on any atom is -0.494 e. The largest absolute Gasteiger partial charge is 0.494 e. The van der Waals surface area contributed by atoms with Crippen molar-refractivity contribution in [3.05, 3.63) is 36.0 Å². The van der Waals surface area contributed by atoms with Gasteiger partial charge in [0.25, 0.3) is 11.8 Å². The van der Waals surface area contributed by atoms with Crippen LogP contribution in [-0.2, 0) is 24.0 Å². The highest BCUT2D eigenvalue weighted by atomic mass is 19.3. The highest BCUT2D eigenvalue weighted by Gasteiger charge is 2.47. The summed E-state index contributed by atoms with van der Waals surface area (Å²) in [5.41, 5.74) is -0.199. The highest BCUT2D eigenvalue weighted by molar-refractivity contribution is 6.07. The van der Waals surface area contributed by atoms with Crippen LogP contribution in [0, 0.1) is 11.3 Å². The van der Waals surface area contributed by atoms with E-state index in [1.54, 1.807) is 46.0 Å². The maximum atomic E-state index is 13.8. The molecule has 2 aliphatic heterocycles. The van der Waals surface area contributed by atoms with E-state index in [4.69, 9.17) is 10.00 Å². The third-order valence-corrected chi connectivity index (χ3v) is 10.2. The Bertz CT molecular complexity index is 1830. The number of nitrogens with zero attached hydrogens (tertiary/aromatic N) is 6. The van der Waals surface area contributed by atoms with Crippen molar-refractivity contribution in [1.82, 2.24) is 35.2 Å². The average molecular weight is 817 g/mol. The number of unbranched alkanes of at least 4 members (excludes halogenated alkanes) is 2. The van der Waals surface area contributed by atoms with Gasteiger partial charge in [-0.15, -0.1) is 0 Å². The number of pyridine rings is 1. The van der Waals surface area contributed by atoms with E-state index in [2.05, 4.69) is 15.6 Å². The molecule has 316 valence electrons. The second-order valence-electron chi connectivity index (χ2n) is 14.7. The molecule has 0 spiro atoms. The summed E-state index contributed by atoms with van der Waals surface area (Å²) in [6.45, 7) is -0.598. The van der Waals surface area contributed by atoms with E-state index in [0.717, 1.165) is 4.90 Å². The van der Waals surface area contributed by atoms with Crippen molar-refractivity contribution in [3.8, 4) is 11.8 Å². The van der Waals surface area contributed by atoms with Crippen LogP contribution >= 0.6 is 0 Å². The van der Waals surface area contributed by atoms with Crippen LogP contribution in [0.2, 0.25) is 0 Å². The van der Waals surface area contributed by atoms with Crippen molar-refractivity contribution >= 4 is 46.5 Å². The molecule has 18 nitrogen and oxygen atoms in total. The van der Waals surface area contributed by atoms with Gasteiger partial charge >= 0.3 is 17.9 Å². The van der Waals surface area contributed by atoms with E-state index in [9.17, 15) is 52.9 Å². The first-order valence-electron chi connectivity index (χ1n) is 19.0. The summed E-state index contributed by atoms with van der Waals surface area (Å²) in [4.78, 5) is 83.1. The number of alkyl halides is 2. The molecule has 2 aliphatic rings. The molecule has 20 heteroatoms. The normalized spacial score (nSPS) is 18.0. The molecular formula is C38H50F2N8O10. The number of aromatic nitrogens is 1. The molecule has 1 aromatic heterocycles. The van der Waals surface area contributed by atoms with Crippen LogP contribution in [0.1, 0.15) is 55.3 Å². The molecule has 5 N–H and O–H groups in total. The van der Waals surface area contributed by atoms with Crippen molar-refractivity contribution in [2.24, 2.45) is 0 Å². The number of amides is 3. The number of carboxylic acid groups (broad SMARTS) is 3. The summed E-state index contributed by atoms with van der Waals surface area (Å²) >= 11 is 0. The van der Waals surface area contributed by atoms with Crippen LogP contribution in [0.25, 0.3) is 10.9 Å². The van der Waals surface area contributed by atoms with Gasteiger partial charge in [-0.25, -0.2) is 8.78 Å². The Morgan fingerprint density at radius 2 is 1.64 bits per heavy atom. The van der Waals surface area contributed by atoms with E-state index in [-0.39, 0.29) is 50.6 Å². The van der Waals surface area contributed by atoms with Crippen LogP contribution in [0.5, 0.6) is 5.75 Å². The second-order valence-corrected chi connectivity index (χ2v) is 14.7. The van der Waals surface area contributed by atoms with Gasteiger partial charge in [0.15, 0.2) is 0 Å². The zero-order chi connectivity index (χ0) is 42.5. The van der Waals surface area contributed by atoms with Crippen LogP contribution in [0.3, 0.4) is 0 Å². The Morgan fingerprint density at radius 1 is 0.948 bits per heavy atom. The SMILES string of the molecule is CN(CC(=O)O)C1(CCCCC(=O)NCCCCOc2ccc3nccc(C(=O)NCC(=O)N4CC(F)(F)CC4C#N)c3c2)CN(CC(=O)O)CCN(CC(=O)O)C1. The van der Waals surface area contributed by atoms with Gasteiger partial charge in [-0.2, -0.15) is 5.26 Å². The summed E-state index contributed by atoms with van der Waals surface area (Å²) in [5.74, 6) is -7.49. The lowest BCUT2D eigenvalue weighted by molar-refractivity contribution is -0.142. The molecule has 0 aliphatic carbocycles. The fraction of sp³-hybridized carbons (Fsp3) is 0.579. The van der Waals surface area contributed by atoms with Crippen LogP contribution < -0.4 is 15.4 Å². The minimum absolute atomic E-state index is 0.174. The first-order chi connectivity index (χ1) is 27.5. The molecule has 58 heavy (non-hydrogen) atoms. The number of nitrogens with one attached hydrogen (secondary N) is 2. The first kappa shape index (κ1) is 45.2. The number of benzene rings is 1. The minimum atomic E-state index is -3.17. The maximum Gasteiger partial charge on any atom is 0.317 e. The predicted octanol–water partition coefficient (Wildman–Crippen LogP) is 1.10. The molecule has 1 unspecified atom stereocenters. The summed E-state index contributed by atoms with van der Waals surface area (Å²) < 4.78 is 33.4. The van der Waals surface area contributed by atoms with Gasteiger partial charge in [-0.1, -0.05) is 6.42 Å². The summed E-state index contributed by atoms with van der Waals surface area (Å²) in [7, 11) is 1.63. The number of likely N-dealkylation sites (tertiary alicyclic amines) is 1. The number of carbonyl (C=O) groups is 6. The molecule has 0 radical (unpaired) electrons. The average Bonchev–Trinajstić information content (AvgIpc) is 3.38. The zero-order valence-electron chi connectivity index (χ0n) is 32.3. The zero-order valence-corrected chi connectivity index (χ0v) is 32.3. The Labute approximate surface area is 333 Å². The Kier molecular flexibility index (Phi) is 16.2. The van der Waals surface area contributed by atoms with Crippen molar-refractivity contribution in [1.29, 1.82) is 5.26 Å². The van der Waals surface area contributed by atoms with Crippen molar-refractivity contribution < 1.29 is 57.6 Å². The number of ether oxygens (including phenoxy) is 1. The van der Waals surface area contributed by atoms with Crippen LogP contribution in [0.4, 0.5) is 8.78 Å².